The highest BCUT2D eigenvalue weighted by atomic mass is 35.5. The van der Waals surface area contributed by atoms with Gasteiger partial charge in [-0.1, -0.05) is 29.3 Å². The van der Waals surface area contributed by atoms with Crippen molar-refractivity contribution in [2.75, 3.05) is 0 Å². The van der Waals surface area contributed by atoms with E-state index in [0.29, 0.717) is 22.4 Å². The van der Waals surface area contributed by atoms with Gasteiger partial charge in [0.05, 0.1) is 16.6 Å². The number of tetrazole rings is 1. The average Bonchev–Trinajstić information content (AvgIpc) is 2.93. The van der Waals surface area contributed by atoms with Crippen molar-refractivity contribution >= 4 is 23.2 Å². The van der Waals surface area contributed by atoms with Crippen LogP contribution in [0.2, 0.25) is 10.0 Å². The molecule has 106 valence electrons. The third-order valence-electron chi connectivity index (χ3n) is 3.15. The van der Waals surface area contributed by atoms with Crippen LogP contribution in [0.15, 0.2) is 36.5 Å². The van der Waals surface area contributed by atoms with E-state index in [1.807, 2.05) is 25.1 Å². The molecule has 0 fully saturated rings. The molecule has 0 aliphatic carbocycles. The number of pyridine rings is 1. The van der Waals surface area contributed by atoms with Crippen LogP contribution < -0.4 is 0 Å². The Morgan fingerprint density at radius 3 is 2.76 bits per heavy atom. The Balaban J connectivity index is 1.97. The molecular formula is C14H11Cl2N5. The van der Waals surface area contributed by atoms with Gasteiger partial charge in [-0.25, -0.2) is 4.68 Å². The van der Waals surface area contributed by atoms with Gasteiger partial charge in [0.15, 0.2) is 5.82 Å². The summed E-state index contributed by atoms with van der Waals surface area (Å²) < 4.78 is 1.71. The lowest BCUT2D eigenvalue weighted by molar-refractivity contribution is 0.649. The number of hydrogen-bond donors (Lipinski definition) is 0. The summed E-state index contributed by atoms with van der Waals surface area (Å²) in [7, 11) is 0. The number of aryl methyl sites for hydroxylation is 1. The van der Waals surface area contributed by atoms with Crippen LogP contribution in [-0.2, 0) is 6.54 Å². The topological polar surface area (TPSA) is 56.5 Å². The fourth-order valence-corrected chi connectivity index (χ4v) is 2.30. The van der Waals surface area contributed by atoms with Gasteiger partial charge in [0.1, 0.15) is 0 Å². The first-order valence-corrected chi connectivity index (χ1v) is 7.03. The van der Waals surface area contributed by atoms with Crippen LogP contribution in [-0.4, -0.2) is 25.2 Å². The van der Waals surface area contributed by atoms with Crippen molar-refractivity contribution in [3.05, 3.63) is 57.8 Å². The predicted octanol–water partition coefficient (Wildman–Crippen LogP) is 3.40. The van der Waals surface area contributed by atoms with E-state index < -0.39 is 0 Å². The van der Waals surface area contributed by atoms with Crippen LogP contribution in [0.25, 0.3) is 11.4 Å². The smallest absolute Gasteiger partial charge is 0.182 e. The molecule has 2 heterocycles. The highest BCUT2D eigenvalue weighted by molar-refractivity contribution is 6.42. The largest absolute Gasteiger partial charge is 0.261 e. The van der Waals surface area contributed by atoms with E-state index in [1.165, 1.54) is 0 Å². The van der Waals surface area contributed by atoms with Crippen LogP contribution in [0, 0.1) is 6.92 Å². The molecule has 21 heavy (non-hydrogen) atoms. The number of halogens is 2. The quantitative estimate of drug-likeness (QED) is 0.742. The summed E-state index contributed by atoms with van der Waals surface area (Å²) in [5.74, 6) is 0.636. The molecule has 3 aromatic rings. The highest BCUT2D eigenvalue weighted by Gasteiger charge is 2.12. The molecule has 0 atom stereocenters. The van der Waals surface area contributed by atoms with Gasteiger partial charge in [-0.15, -0.1) is 5.10 Å². The Labute approximate surface area is 131 Å². The highest BCUT2D eigenvalue weighted by Crippen LogP contribution is 2.27. The molecule has 7 heteroatoms. The van der Waals surface area contributed by atoms with Gasteiger partial charge in [0.2, 0.25) is 0 Å². The molecule has 0 bridgehead atoms. The van der Waals surface area contributed by atoms with Crippen LogP contribution in [0.1, 0.15) is 11.3 Å². The molecule has 0 amide bonds. The minimum Gasteiger partial charge on any atom is -0.261 e. The third-order valence-corrected chi connectivity index (χ3v) is 3.89. The summed E-state index contributed by atoms with van der Waals surface area (Å²) in [4.78, 5) is 4.27. The Kier molecular flexibility index (Phi) is 3.86. The molecular weight excluding hydrogens is 309 g/mol. The Morgan fingerprint density at radius 2 is 2.00 bits per heavy atom. The number of hydrogen-bond acceptors (Lipinski definition) is 4. The molecule has 0 aliphatic rings. The van der Waals surface area contributed by atoms with E-state index in [0.717, 1.165) is 16.8 Å². The van der Waals surface area contributed by atoms with Gasteiger partial charge < -0.3 is 0 Å². The summed E-state index contributed by atoms with van der Waals surface area (Å²) in [6.07, 6.45) is 1.76. The molecule has 0 saturated heterocycles. The second kappa shape index (κ2) is 5.79. The predicted molar refractivity (Wildman–Crippen MR) is 81.3 cm³/mol. The van der Waals surface area contributed by atoms with Crippen molar-refractivity contribution in [2.24, 2.45) is 0 Å². The minimum atomic E-state index is 0.473. The molecule has 0 aliphatic heterocycles. The third kappa shape index (κ3) is 2.89. The minimum absolute atomic E-state index is 0.473. The normalized spacial score (nSPS) is 10.8. The van der Waals surface area contributed by atoms with Gasteiger partial charge in [-0.05, 0) is 47.2 Å². The number of nitrogens with zero attached hydrogens (tertiary/aromatic N) is 5. The average molecular weight is 320 g/mol. The first-order chi connectivity index (χ1) is 10.1. The van der Waals surface area contributed by atoms with Crippen LogP contribution >= 0.6 is 23.2 Å². The number of aromatic nitrogens is 5. The SMILES string of the molecule is Cc1ncccc1Cn1nnnc1-c1ccc(Cl)c(Cl)c1. The molecule has 0 saturated carbocycles. The summed E-state index contributed by atoms with van der Waals surface area (Å²) >= 11 is 12.0. The standard InChI is InChI=1S/C14H11Cl2N5/c1-9-11(3-2-6-17-9)8-21-14(18-19-20-21)10-4-5-12(15)13(16)7-10/h2-7H,8H2,1H3. The zero-order valence-electron chi connectivity index (χ0n) is 11.2. The summed E-state index contributed by atoms with van der Waals surface area (Å²) in [5, 5.41) is 12.8. The molecule has 0 radical (unpaired) electrons. The van der Waals surface area contributed by atoms with E-state index in [1.54, 1.807) is 23.0 Å². The first kappa shape index (κ1) is 14.0. The number of benzene rings is 1. The van der Waals surface area contributed by atoms with Crippen LogP contribution in [0.3, 0.4) is 0 Å². The molecule has 0 N–H and O–H groups in total. The maximum absolute atomic E-state index is 6.05. The van der Waals surface area contributed by atoms with E-state index >= 15 is 0 Å². The molecule has 5 nitrogen and oxygen atoms in total. The van der Waals surface area contributed by atoms with Gasteiger partial charge in [-0.2, -0.15) is 0 Å². The van der Waals surface area contributed by atoms with Gasteiger partial charge in [0, 0.05) is 17.5 Å². The van der Waals surface area contributed by atoms with E-state index in [9.17, 15) is 0 Å². The lowest BCUT2D eigenvalue weighted by Crippen LogP contribution is -2.06. The maximum Gasteiger partial charge on any atom is 0.182 e. The summed E-state index contributed by atoms with van der Waals surface area (Å²) in [6, 6.07) is 9.22. The Hall–Kier alpha value is -1.98. The monoisotopic (exact) mass is 319 g/mol. The zero-order chi connectivity index (χ0) is 14.8. The molecule has 3 rings (SSSR count). The molecule has 2 aromatic heterocycles. The zero-order valence-corrected chi connectivity index (χ0v) is 12.7. The van der Waals surface area contributed by atoms with Crippen molar-refractivity contribution in [3.63, 3.8) is 0 Å². The summed E-state index contributed by atoms with van der Waals surface area (Å²) in [6.45, 7) is 2.50. The van der Waals surface area contributed by atoms with E-state index in [4.69, 9.17) is 23.2 Å². The Bertz CT molecular complexity index is 785. The lowest BCUT2D eigenvalue weighted by atomic mass is 10.2. The van der Waals surface area contributed by atoms with Crippen molar-refractivity contribution in [1.82, 2.24) is 25.2 Å². The first-order valence-electron chi connectivity index (χ1n) is 6.27. The van der Waals surface area contributed by atoms with Crippen molar-refractivity contribution in [2.45, 2.75) is 13.5 Å². The van der Waals surface area contributed by atoms with Crippen LogP contribution in [0.4, 0.5) is 0 Å². The maximum atomic E-state index is 6.05. The Morgan fingerprint density at radius 1 is 1.14 bits per heavy atom. The fraction of sp³-hybridized carbons (Fsp3) is 0.143. The lowest BCUT2D eigenvalue weighted by Gasteiger charge is -2.07. The second-order valence-electron chi connectivity index (χ2n) is 4.54. The fourth-order valence-electron chi connectivity index (χ4n) is 2.00. The van der Waals surface area contributed by atoms with Crippen molar-refractivity contribution < 1.29 is 0 Å². The van der Waals surface area contributed by atoms with Crippen LogP contribution in [0.5, 0.6) is 0 Å². The van der Waals surface area contributed by atoms with Crippen molar-refractivity contribution in [1.29, 1.82) is 0 Å². The molecule has 0 spiro atoms. The van der Waals surface area contributed by atoms with Crippen molar-refractivity contribution in [3.8, 4) is 11.4 Å². The number of rotatable bonds is 3. The molecule has 1 aromatic carbocycles. The van der Waals surface area contributed by atoms with Gasteiger partial charge in [-0.3, -0.25) is 4.98 Å². The second-order valence-corrected chi connectivity index (χ2v) is 5.35. The van der Waals surface area contributed by atoms with E-state index in [-0.39, 0.29) is 0 Å². The van der Waals surface area contributed by atoms with Gasteiger partial charge >= 0.3 is 0 Å². The van der Waals surface area contributed by atoms with Gasteiger partial charge in [0.25, 0.3) is 0 Å². The van der Waals surface area contributed by atoms with E-state index in [2.05, 4.69) is 20.5 Å². The molecule has 0 unspecified atom stereocenters. The summed E-state index contributed by atoms with van der Waals surface area (Å²) in [5.41, 5.74) is 2.83.